The molecule has 2 aliphatic rings. The maximum absolute atomic E-state index is 2.50. The fourth-order valence-electron chi connectivity index (χ4n) is 9.02. The van der Waals surface area contributed by atoms with Gasteiger partial charge in [-0.2, -0.15) is 0 Å². The van der Waals surface area contributed by atoms with Crippen LogP contribution in [0.2, 0.25) is 0 Å². The average Bonchev–Trinajstić information content (AvgIpc) is 3.70. The van der Waals surface area contributed by atoms with Gasteiger partial charge in [-0.15, -0.1) is 11.3 Å². The molecule has 0 radical (unpaired) electrons. The lowest BCUT2D eigenvalue weighted by atomic mass is 9.79. The van der Waals surface area contributed by atoms with Crippen molar-refractivity contribution in [2.45, 2.75) is 38.5 Å². The van der Waals surface area contributed by atoms with E-state index in [2.05, 4.69) is 172 Å². The highest BCUT2D eigenvalue weighted by Gasteiger charge is 2.40. The number of para-hydroxylation sites is 1. The maximum Gasteiger partial charge on any atom is 0.0554 e. The van der Waals surface area contributed by atoms with Crippen molar-refractivity contribution in [3.05, 3.63) is 162 Å². The van der Waals surface area contributed by atoms with Crippen LogP contribution in [0.25, 0.3) is 53.2 Å². The molecule has 48 heavy (non-hydrogen) atoms. The molecule has 0 aliphatic heterocycles. The predicted molar refractivity (Wildman–Crippen MR) is 207 cm³/mol. The van der Waals surface area contributed by atoms with Crippen molar-refractivity contribution in [3.63, 3.8) is 0 Å². The molecule has 1 aromatic heterocycles. The Balaban J connectivity index is 1.32. The molecule has 0 atom stereocenters. The van der Waals surface area contributed by atoms with Crippen LogP contribution in [0.1, 0.15) is 49.9 Å². The van der Waals surface area contributed by atoms with Gasteiger partial charge in [0, 0.05) is 47.8 Å². The Bertz CT molecular complexity index is 2620. The molecule has 0 bridgehead atoms. The van der Waals surface area contributed by atoms with E-state index >= 15 is 0 Å². The Labute approximate surface area is 285 Å². The molecule has 0 unspecified atom stereocenters. The Kier molecular flexibility index (Phi) is 5.63. The van der Waals surface area contributed by atoms with Crippen LogP contribution in [-0.4, -0.2) is 0 Å². The van der Waals surface area contributed by atoms with Crippen molar-refractivity contribution in [2.75, 3.05) is 4.90 Å². The molecule has 0 saturated heterocycles. The standard InChI is InChI=1S/C46H35NS/c1-45(2)35-21-12-10-17-30(35)31-26-25-29(27-37(31)45)47(28-15-6-5-7-16-28)38-23-14-24-39-41(38)42-43-40(32-18-8-9-19-33(32)44(42)48-39)34-20-11-13-22-36(34)46(43,3)4/h5-27H,1-4H3. The normalized spacial score (nSPS) is 15.0. The minimum Gasteiger partial charge on any atom is -0.310 e. The monoisotopic (exact) mass is 633 g/mol. The SMILES string of the molecule is CC1(C)c2ccccc2-c2ccc(N(c3ccccc3)c3cccc4sc5c6ccccc6c6c(c5c34)C(C)(C)c3ccccc3-6)cc21. The van der Waals surface area contributed by atoms with Gasteiger partial charge in [0.25, 0.3) is 0 Å². The second kappa shape index (κ2) is 9.69. The van der Waals surface area contributed by atoms with E-state index in [9.17, 15) is 0 Å². The number of benzene rings is 7. The highest BCUT2D eigenvalue weighted by Crippen LogP contribution is 2.59. The van der Waals surface area contributed by atoms with Gasteiger partial charge in [-0.1, -0.05) is 131 Å². The van der Waals surface area contributed by atoms with E-state index < -0.39 is 0 Å². The first kappa shape index (κ1) is 27.9. The van der Waals surface area contributed by atoms with Crippen LogP contribution in [0.3, 0.4) is 0 Å². The van der Waals surface area contributed by atoms with E-state index in [-0.39, 0.29) is 10.8 Å². The van der Waals surface area contributed by atoms with Gasteiger partial charge in [0.2, 0.25) is 0 Å². The average molecular weight is 634 g/mol. The van der Waals surface area contributed by atoms with E-state index in [4.69, 9.17) is 0 Å². The summed E-state index contributed by atoms with van der Waals surface area (Å²) in [5.41, 5.74) is 14.5. The molecule has 0 saturated carbocycles. The van der Waals surface area contributed by atoms with Crippen molar-refractivity contribution in [2.24, 2.45) is 0 Å². The van der Waals surface area contributed by atoms with Gasteiger partial charge in [0.05, 0.1) is 5.69 Å². The minimum absolute atomic E-state index is 0.0824. The van der Waals surface area contributed by atoms with Gasteiger partial charge < -0.3 is 4.90 Å². The van der Waals surface area contributed by atoms with Gasteiger partial charge in [-0.25, -0.2) is 0 Å². The largest absolute Gasteiger partial charge is 0.310 e. The zero-order chi connectivity index (χ0) is 32.4. The number of anilines is 3. The number of hydrogen-bond donors (Lipinski definition) is 0. The summed E-state index contributed by atoms with van der Waals surface area (Å²) in [5, 5.41) is 5.43. The molecule has 8 aromatic rings. The van der Waals surface area contributed by atoms with E-state index in [0.29, 0.717) is 0 Å². The van der Waals surface area contributed by atoms with Crippen molar-refractivity contribution < 1.29 is 0 Å². The summed E-state index contributed by atoms with van der Waals surface area (Å²) in [7, 11) is 0. The van der Waals surface area contributed by atoms with Crippen molar-refractivity contribution in [1.29, 1.82) is 0 Å². The van der Waals surface area contributed by atoms with E-state index in [1.165, 1.54) is 86.8 Å². The number of rotatable bonds is 3. The quantitative estimate of drug-likeness (QED) is 0.187. The molecular weight excluding hydrogens is 599 g/mol. The molecular formula is C46H35NS. The Morgan fingerprint density at radius 3 is 1.92 bits per heavy atom. The molecule has 1 nitrogen and oxygen atoms in total. The van der Waals surface area contributed by atoms with Crippen LogP contribution >= 0.6 is 11.3 Å². The van der Waals surface area contributed by atoms with Crippen molar-refractivity contribution in [1.82, 2.24) is 0 Å². The van der Waals surface area contributed by atoms with Crippen LogP contribution in [0.4, 0.5) is 17.1 Å². The Hall–Kier alpha value is -5.18. The number of hydrogen-bond acceptors (Lipinski definition) is 2. The summed E-state index contributed by atoms with van der Waals surface area (Å²) in [5.74, 6) is 0. The Morgan fingerprint density at radius 2 is 1.12 bits per heavy atom. The molecule has 7 aromatic carbocycles. The fraction of sp³-hybridized carbons (Fsp3) is 0.130. The molecule has 230 valence electrons. The summed E-state index contributed by atoms with van der Waals surface area (Å²) in [4.78, 5) is 2.50. The topological polar surface area (TPSA) is 3.24 Å². The third-order valence-corrected chi connectivity index (χ3v) is 12.4. The van der Waals surface area contributed by atoms with Crippen molar-refractivity contribution >= 4 is 59.3 Å². The molecule has 1 heterocycles. The summed E-state index contributed by atoms with van der Waals surface area (Å²) < 4.78 is 2.70. The molecule has 0 fully saturated rings. The Morgan fingerprint density at radius 1 is 0.479 bits per heavy atom. The zero-order valence-corrected chi connectivity index (χ0v) is 28.5. The minimum atomic E-state index is -0.143. The lowest BCUT2D eigenvalue weighted by Crippen LogP contribution is -2.17. The first-order valence-electron chi connectivity index (χ1n) is 17.0. The third-order valence-electron chi connectivity index (χ3n) is 11.2. The smallest absolute Gasteiger partial charge is 0.0554 e. The highest BCUT2D eigenvalue weighted by atomic mass is 32.1. The number of thiophene rings is 1. The molecule has 0 spiro atoms. The maximum atomic E-state index is 2.50. The van der Waals surface area contributed by atoms with Gasteiger partial charge >= 0.3 is 0 Å². The highest BCUT2D eigenvalue weighted by molar-refractivity contribution is 7.27. The third kappa shape index (κ3) is 3.56. The van der Waals surface area contributed by atoms with Crippen LogP contribution in [0, 0.1) is 0 Å². The summed E-state index contributed by atoms with van der Waals surface area (Å²) in [6.07, 6.45) is 0. The second-order valence-corrected chi connectivity index (χ2v) is 15.5. The number of fused-ring (bicyclic) bond motifs is 13. The fourth-order valence-corrected chi connectivity index (χ4v) is 10.3. The van der Waals surface area contributed by atoms with Crippen LogP contribution in [0.5, 0.6) is 0 Å². The number of nitrogens with zero attached hydrogens (tertiary/aromatic N) is 1. The van der Waals surface area contributed by atoms with Crippen LogP contribution < -0.4 is 4.90 Å². The van der Waals surface area contributed by atoms with Gasteiger partial charge in [-0.3, -0.25) is 0 Å². The van der Waals surface area contributed by atoms with E-state index in [1.54, 1.807) is 0 Å². The summed E-state index contributed by atoms with van der Waals surface area (Å²) in [6, 6.07) is 52.0. The second-order valence-electron chi connectivity index (χ2n) is 14.5. The first-order valence-corrected chi connectivity index (χ1v) is 17.8. The molecule has 10 rings (SSSR count). The van der Waals surface area contributed by atoms with E-state index in [1.807, 2.05) is 11.3 Å². The van der Waals surface area contributed by atoms with Crippen LogP contribution in [0.15, 0.2) is 140 Å². The zero-order valence-electron chi connectivity index (χ0n) is 27.6. The predicted octanol–water partition coefficient (Wildman–Crippen LogP) is 13.3. The summed E-state index contributed by atoms with van der Waals surface area (Å²) >= 11 is 1.94. The van der Waals surface area contributed by atoms with Crippen LogP contribution in [-0.2, 0) is 10.8 Å². The molecule has 2 aliphatic carbocycles. The lowest BCUT2D eigenvalue weighted by molar-refractivity contribution is 0.660. The molecule has 2 heteroatoms. The van der Waals surface area contributed by atoms with Gasteiger partial charge in [0.15, 0.2) is 0 Å². The lowest BCUT2D eigenvalue weighted by Gasteiger charge is -2.29. The van der Waals surface area contributed by atoms with E-state index in [0.717, 1.165) is 5.69 Å². The van der Waals surface area contributed by atoms with Crippen molar-refractivity contribution in [3.8, 4) is 22.3 Å². The molecule has 0 N–H and O–H groups in total. The van der Waals surface area contributed by atoms with Gasteiger partial charge in [-0.05, 0) is 86.3 Å². The first-order chi connectivity index (χ1) is 23.4. The van der Waals surface area contributed by atoms with Gasteiger partial charge in [0.1, 0.15) is 0 Å². The molecule has 0 amide bonds. The summed E-state index contributed by atoms with van der Waals surface area (Å²) in [6.45, 7) is 9.59.